The third-order valence-electron chi connectivity index (χ3n) is 4.06. The van der Waals surface area contributed by atoms with Gasteiger partial charge < -0.3 is 10.1 Å². The normalized spacial score (nSPS) is 21.2. The van der Waals surface area contributed by atoms with Crippen LogP contribution in [0.2, 0.25) is 0 Å². The average molecular weight is 290 g/mol. The van der Waals surface area contributed by atoms with Gasteiger partial charge in [0.1, 0.15) is 0 Å². The number of thioether (sulfide) groups is 1. The molecule has 108 valence electrons. The molecule has 0 aromatic heterocycles. The predicted octanol–water partition coefficient (Wildman–Crippen LogP) is 3.87. The molecule has 4 heteroatoms. The van der Waals surface area contributed by atoms with Crippen LogP contribution < -0.4 is 5.32 Å². The summed E-state index contributed by atoms with van der Waals surface area (Å²) in [6, 6.07) is 8.52. The number of ether oxygens (including phenoxy) is 1. The van der Waals surface area contributed by atoms with Crippen molar-refractivity contribution < 1.29 is 4.74 Å². The Labute approximate surface area is 125 Å². The van der Waals surface area contributed by atoms with E-state index in [0.29, 0.717) is 5.92 Å². The standard InChI is InChI=1S/C16H22N2OS/c1-12(2)13-5-3-4-6-14(13)17-15-18-16(11-20-15)7-9-19-10-8-16/h3-6,12H,7-11H2,1-2H3,(H,17,18). The molecule has 1 fully saturated rings. The van der Waals surface area contributed by atoms with Gasteiger partial charge in [0, 0.05) is 24.7 Å². The maximum absolute atomic E-state index is 5.46. The van der Waals surface area contributed by atoms with Crippen molar-refractivity contribution in [1.29, 1.82) is 0 Å². The Hall–Kier alpha value is -1.000. The second kappa shape index (κ2) is 5.78. The van der Waals surface area contributed by atoms with Gasteiger partial charge in [-0.3, -0.25) is 4.99 Å². The fourth-order valence-electron chi connectivity index (χ4n) is 2.78. The van der Waals surface area contributed by atoms with Gasteiger partial charge in [-0.2, -0.15) is 0 Å². The first-order chi connectivity index (χ1) is 9.69. The third kappa shape index (κ3) is 2.86. The maximum Gasteiger partial charge on any atom is 0.161 e. The van der Waals surface area contributed by atoms with E-state index >= 15 is 0 Å². The average Bonchev–Trinajstić information content (AvgIpc) is 2.82. The SMILES string of the molecule is CC(C)c1ccccc1NC1=NC2(CCOCC2)CS1. The third-order valence-corrected chi connectivity index (χ3v) is 5.21. The van der Waals surface area contributed by atoms with Crippen molar-refractivity contribution in [3.63, 3.8) is 0 Å². The van der Waals surface area contributed by atoms with E-state index in [1.165, 1.54) is 11.3 Å². The number of hydrogen-bond donors (Lipinski definition) is 1. The molecule has 2 heterocycles. The Balaban J connectivity index is 1.77. The van der Waals surface area contributed by atoms with Crippen molar-refractivity contribution in [3.05, 3.63) is 29.8 Å². The molecule has 20 heavy (non-hydrogen) atoms. The highest BCUT2D eigenvalue weighted by Crippen LogP contribution is 2.36. The fourth-order valence-corrected chi connectivity index (χ4v) is 3.98. The molecule has 0 amide bonds. The van der Waals surface area contributed by atoms with Crippen molar-refractivity contribution in [2.75, 3.05) is 24.3 Å². The summed E-state index contributed by atoms with van der Waals surface area (Å²) in [4.78, 5) is 4.96. The minimum Gasteiger partial charge on any atom is -0.381 e. The van der Waals surface area contributed by atoms with Crippen molar-refractivity contribution in [2.45, 2.75) is 38.1 Å². The summed E-state index contributed by atoms with van der Waals surface area (Å²) in [7, 11) is 0. The van der Waals surface area contributed by atoms with Crippen LogP contribution in [0.1, 0.15) is 38.2 Å². The minimum absolute atomic E-state index is 0.123. The Morgan fingerprint density at radius 1 is 1.25 bits per heavy atom. The molecule has 3 rings (SSSR count). The molecule has 0 saturated carbocycles. The first kappa shape index (κ1) is 14.0. The molecule has 1 spiro atoms. The van der Waals surface area contributed by atoms with E-state index in [1.54, 1.807) is 0 Å². The Morgan fingerprint density at radius 3 is 2.75 bits per heavy atom. The van der Waals surface area contributed by atoms with Crippen molar-refractivity contribution in [1.82, 2.24) is 0 Å². The first-order valence-corrected chi connectivity index (χ1v) is 8.33. The molecule has 1 aromatic rings. The summed E-state index contributed by atoms with van der Waals surface area (Å²) >= 11 is 1.85. The van der Waals surface area contributed by atoms with Gasteiger partial charge in [-0.1, -0.05) is 43.8 Å². The van der Waals surface area contributed by atoms with Crippen molar-refractivity contribution in [3.8, 4) is 0 Å². The molecule has 0 unspecified atom stereocenters. The lowest BCUT2D eigenvalue weighted by atomic mass is 9.93. The second-order valence-corrected chi connectivity index (χ2v) is 6.87. The predicted molar refractivity (Wildman–Crippen MR) is 86.8 cm³/mol. The van der Waals surface area contributed by atoms with E-state index < -0.39 is 0 Å². The second-order valence-electron chi connectivity index (χ2n) is 5.91. The minimum atomic E-state index is 0.123. The fraction of sp³-hybridized carbons (Fsp3) is 0.562. The van der Waals surface area contributed by atoms with Gasteiger partial charge in [0.25, 0.3) is 0 Å². The van der Waals surface area contributed by atoms with E-state index in [-0.39, 0.29) is 5.54 Å². The highest BCUT2D eigenvalue weighted by Gasteiger charge is 2.37. The Kier molecular flexibility index (Phi) is 4.03. The highest BCUT2D eigenvalue weighted by molar-refractivity contribution is 8.14. The first-order valence-electron chi connectivity index (χ1n) is 7.35. The summed E-state index contributed by atoms with van der Waals surface area (Å²) in [5, 5.41) is 4.60. The van der Waals surface area contributed by atoms with Crippen LogP contribution >= 0.6 is 11.8 Å². The number of rotatable bonds is 2. The van der Waals surface area contributed by atoms with Gasteiger partial charge in [-0.05, 0) is 30.4 Å². The molecule has 0 atom stereocenters. The van der Waals surface area contributed by atoms with Crippen LogP contribution in [0.3, 0.4) is 0 Å². The van der Waals surface area contributed by atoms with Gasteiger partial charge >= 0.3 is 0 Å². The molecule has 1 aromatic carbocycles. The molecule has 1 N–H and O–H groups in total. The van der Waals surface area contributed by atoms with Crippen LogP contribution in [-0.2, 0) is 4.74 Å². The van der Waals surface area contributed by atoms with Gasteiger partial charge in [-0.25, -0.2) is 0 Å². The summed E-state index contributed by atoms with van der Waals surface area (Å²) in [5.74, 6) is 1.60. The summed E-state index contributed by atoms with van der Waals surface area (Å²) in [6.07, 6.45) is 2.11. The van der Waals surface area contributed by atoms with E-state index in [1.807, 2.05) is 11.8 Å². The number of aliphatic imine (C=N–C) groups is 1. The number of benzene rings is 1. The summed E-state index contributed by atoms with van der Waals surface area (Å²) in [5.41, 5.74) is 2.67. The lowest BCUT2D eigenvalue weighted by Gasteiger charge is -2.29. The van der Waals surface area contributed by atoms with Gasteiger partial charge in [0.15, 0.2) is 5.17 Å². The zero-order chi connectivity index (χ0) is 14.0. The van der Waals surface area contributed by atoms with Gasteiger partial charge in [-0.15, -0.1) is 0 Å². The van der Waals surface area contributed by atoms with Crippen molar-refractivity contribution >= 4 is 22.6 Å². The van der Waals surface area contributed by atoms with Crippen LogP contribution in [0.4, 0.5) is 5.69 Å². The quantitative estimate of drug-likeness (QED) is 0.897. The number of anilines is 1. The topological polar surface area (TPSA) is 33.6 Å². The molecule has 1 saturated heterocycles. The number of hydrogen-bond acceptors (Lipinski definition) is 4. The van der Waals surface area contributed by atoms with Crippen molar-refractivity contribution in [2.24, 2.45) is 4.99 Å². The molecule has 0 radical (unpaired) electrons. The molecular formula is C16H22N2OS. The number of amidine groups is 1. The smallest absolute Gasteiger partial charge is 0.161 e. The molecule has 2 aliphatic heterocycles. The number of para-hydroxylation sites is 1. The van der Waals surface area contributed by atoms with Crippen LogP contribution in [0.5, 0.6) is 0 Å². The lowest BCUT2D eigenvalue weighted by Crippen LogP contribution is -2.34. The van der Waals surface area contributed by atoms with Crippen LogP contribution in [-0.4, -0.2) is 29.7 Å². The molecule has 3 nitrogen and oxygen atoms in total. The monoisotopic (exact) mass is 290 g/mol. The van der Waals surface area contributed by atoms with E-state index in [2.05, 4.69) is 43.4 Å². The van der Waals surface area contributed by atoms with E-state index in [0.717, 1.165) is 37.0 Å². The highest BCUT2D eigenvalue weighted by atomic mass is 32.2. The van der Waals surface area contributed by atoms with Crippen LogP contribution in [0, 0.1) is 0 Å². The summed E-state index contributed by atoms with van der Waals surface area (Å²) in [6.45, 7) is 6.15. The zero-order valence-corrected chi connectivity index (χ0v) is 13.0. The molecule has 2 aliphatic rings. The largest absolute Gasteiger partial charge is 0.381 e. The number of nitrogens with one attached hydrogen (secondary N) is 1. The van der Waals surface area contributed by atoms with Crippen LogP contribution in [0.25, 0.3) is 0 Å². The zero-order valence-electron chi connectivity index (χ0n) is 12.2. The van der Waals surface area contributed by atoms with Gasteiger partial charge in [0.2, 0.25) is 0 Å². The van der Waals surface area contributed by atoms with E-state index in [4.69, 9.17) is 9.73 Å². The number of nitrogens with zero attached hydrogens (tertiary/aromatic N) is 1. The Morgan fingerprint density at radius 2 is 2.00 bits per heavy atom. The molecule has 0 bridgehead atoms. The maximum atomic E-state index is 5.46. The van der Waals surface area contributed by atoms with E-state index in [9.17, 15) is 0 Å². The Bertz CT molecular complexity index is 507. The molecule has 0 aliphatic carbocycles. The van der Waals surface area contributed by atoms with Gasteiger partial charge in [0.05, 0.1) is 5.54 Å². The lowest BCUT2D eigenvalue weighted by molar-refractivity contribution is 0.0624. The summed E-state index contributed by atoms with van der Waals surface area (Å²) < 4.78 is 5.46. The molecular weight excluding hydrogens is 268 g/mol. The van der Waals surface area contributed by atoms with Crippen LogP contribution in [0.15, 0.2) is 29.3 Å².